The predicted octanol–water partition coefficient (Wildman–Crippen LogP) is 7.50. The third-order valence-corrected chi connectivity index (χ3v) is 6.56. The van der Waals surface area contributed by atoms with E-state index in [1.54, 1.807) is 0 Å². The second-order valence-corrected chi connectivity index (χ2v) is 8.57. The van der Waals surface area contributed by atoms with Gasteiger partial charge >= 0.3 is 0 Å². The molecule has 2 nitrogen and oxygen atoms in total. The van der Waals surface area contributed by atoms with Crippen LogP contribution in [0.1, 0.15) is 35.6 Å². The van der Waals surface area contributed by atoms with E-state index in [4.69, 9.17) is 16.6 Å². The second kappa shape index (κ2) is 7.00. The molecule has 1 unspecified atom stereocenters. The maximum Gasteiger partial charge on any atom is 0.0706 e. The van der Waals surface area contributed by atoms with Gasteiger partial charge < -0.3 is 4.98 Å². The maximum absolute atomic E-state index is 6.29. The summed E-state index contributed by atoms with van der Waals surface area (Å²) in [6, 6.07) is 27.6. The highest BCUT2D eigenvalue weighted by Gasteiger charge is 2.28. The molecule has 0 spiro atoms. The SMILES string of the molecule is Clc1ccc2nc3c(cc2c1)C(c1c(-c2ccccc2)[nH]c2ccccc12)CCC3. The summed E-state index contributed by atoms with van der Waals surface area (Å²) < 4.78 is 0. The van der Waals surface area contributed by atoms with Crippen LogP contribution in [0.3, 0.4) is 0 Å². The molecule has 0 amide bonds. The van der Waals surface area contributed by atoms with Gasteiger partial charge in [-0.1, -0.05) is 60.1 Å². The van der Waals surface area contributed by atoms with Crippen LogP contribution >= 0.6 is 11.6 Å². The van der Waals surface area contributed by atoms with Crippen LogP contribution in [0.2, 0.25) is 5.02 Å². The molecule has 1 N–H and O–H groups in total. The average molecular weight is 409 g/mol. The molecule has 0 saturated heterocycles. The Hall–Kier alpha value is -3.10. The summed E-state index contributed by atoms with van der Waals surface area (Å²) in [5.41, 5.74) is 8.63. The maximum atomic E-state index is 6.29. The highest BCUT2D eigenvalue weighted by molar-refractivity contribution is 6.31. The number of para-hydroxylation sites is 1. The third-order valence-electron chi connectivity index (χ3n) is 6.33. The Kier molecular flexibility index (Phi) is 4.14. The lowest BCUT2D eigenvalue weighted by Crippen LogP contribution is -2.13. The van der Waals surface area contributed by atoms with E-state index in [1.807, 2.05) is 18.2 Å². The Balaban J connectivity index is 1.62. The molecule has 6 rings (SSSR count). The molecule has 5 aromatic rings. The molecule has 2 heterocycles. The number of aromatic amines is 1. The minimum atomic E-state index is 0.316. The van der Waals surface area contributed by atoms with E-state index in [-0.39, 0.29) is 0 Å². The number of pyridine rings is 1. The number of aryl methyl sites for hydroxylation is 1. The molecular weight excluding hydrogens is 388 g/mol. The number of hydrogen-bond donors (Lipinski definition) is 1. The zero-order valence-electron chi connectivity index (χ0n) is 16.5. The summed E-state index contributed by atoms with van der Waals surface area (Å²) in [5, 5.41) is 3.18. The number of hydrogen-bond acceptors (Lipinski definition) is 1. The molecule has 1 aliphatic rings. The third kappa shape index (κ3) is 2.83. The van der Waals surface area contributed by atoms with Gasteiger partial charge in [0.25, 0.3) is 0 Å². The summed E-state index contributed by atoms with van der Waals surface area (Å²) in [6.45, 7) is 0. The van der Waals surface area contributed by atoms with E-state index >= 15 is 0 Å². The van der Waals surface area contributed by atoms with Gasteiger partial charge in [0, 0.05) is 32.9 Å². The largest absolute Gasteiger partial charge is 0.354 e. The van der Waals surface area contributed by atoms with Crippen LogP contribution in [0.25, 0.3) is 33.1 Å². The molecule has 3 heteroatoms. The van der Waals surface area contributed by atoms with Crippen LogP contribution < -0.4 is 0 Å². The van der Waals surface area contributed by atoms with Gasteiger partial charge in [-0.3, -0.25) is 4.98 Å². The molecule has 3 aromatic carbocycles. The van der Waals surface area contributed by atoms with Crippen molar-refractivity contribution in [2.24, 2.45) is 0 Å². The van der Waals surface area contributed by atoms with Crippen LogP contribution in [-0.4, -0.2) is 9.97 Å². The zero-order valence-corrected chi connectivity index (χ0v) is 17.3. The Labute approximate surface area is 180 Å². The fraction of sp³-hybridized carbons (Fsp3) is 0.148. The van der Waals surface area contributed by atoms with Crippen molar-refractivity contribution in [1.29, 1.82) is 0 Å². The van der Waals surface area contributed by atoms with Gasteiger partial charge in [-0.05, 0) is 66.3 Å². The van der Waals surface area contributed by atoms with Crippen molar-refractivity contribution in [2.75, 3.05) is 0 Å². The molecule has 0 aliphatic heterocycles. The van der Waals surface area contributed by atoms with Crippen molar-refractivity contribution >= 4 is 33.4 Å². The second-order valence-electron chi connectivity index (χ2n) is 8.13. The lowest BCUT2D eigenvalue weighted by Gasteiger charge is -2.26. The quantitative estimate of drug-likeness (QED) is 0.321. The standard InChI is InChI=1S/C27H21ClN2/c28-19-13-14-23-18(15-19)16-22-20(10-6-12-25(22)29-23)26-21-9-4-5-11-24(21)30-27(26)17-7-2-1-3-8-17/h1-5,7-9,11,13-16,20,30H,6,10,12H2. The molecule has 30 heavy (non-hydrogen) atoms. The van der Waals surface area contributed by atoms with Crippen molar-refractivity contribution in [3.8, 4) is 11.3 Å². The summed E-state index contributed by atoms with van der Waals surface area (Å²) >= 11 is 6.29. The smallest absolute Gasteiger partial charge is 0.0706 e. The van der Waals surface area contributed by atoms with Gasteiger partial charge in [0.05, 0.1) is 11.2 Å². The fourth-order valence-electron chi connectivity index (χ4n) is 4.99. The number of nitrogens with one attached hydrogen (secondary N) is 1. The van der Waals surface area contributed by atoms with Crippen molar-refractivity contribution in [2.45, 2.75) is 25.2 Å². The fourth-order valence-corrected chi connectivity index (χ4v) is 5.17. The van der Waals surface area contributed by atoms with Gasteiger partial charge in [0.1, 0.15) is 0 Å². The first-order chi connectivity index (χ1) is 14.8. The first-order valence-electron chi connectivity index (χ1n) is 10.5. The van der Waals surface area contributed by atoms with Gasteiger partial charge in [-0.25, -0.2) is 0 Å². The number of halogens is 1. The van der Waals surface area contributed by atoms with Crippen LogP contribution in [0, 0.1) is 0 Å². The first kappa shape index (κ1) is 17.7. The molecule has 2 aromatic heterocycles. The van der Waals surface area contributed by atoms with Crippen molar-refractivity contribution in [1.82, 2.24) is 9.97 Å². The first-order valence-corrected chi connectivity index (χ1v) is 10.9. The van der Waals surface area contributed by atoms with Crippen molar-refractivity contribution < 1.29 is 0 Å². The van der Waals surface area contributed by atoms with Gasteiger partial charge in [0.15, 0.2) is 0 Å². The number of benzene rings is 3. The van der Waals surface area contributed by atoms with Gasteiger partial charge in [-0.2, -0.15) is 0 Å². The Morgan fingerprint density at radius 1 is 0.900 bits per heavy atom. The summed E-state index contributed by atoms with van der Waals surface area (Å²) in [6.07, 6.45) is 3.31. The Morgan fingerprint density at radius 2 is 1.73 bits per heavy atom. The zero-order chi connectivity index (χ0) is 20.1. The molecule has 0 bridgehead atoms. The lowest BCUT2D eigenvalue weighted by atomic mass is 9.78. The number of aromatic nitrogens is 2. The minimum Gasteiger partial charge on any atom is -0.354 e. The number of nitrogens with zero attached hydrogens (tertiary/aromatic N) is 1. The van der Waals surface area contributed by atoms with Crippen LogP contribution in [0.4, 0.5) is 0 Å². The van der Waals surface area contributed by atoms with E-state index in [1.165, 1.54) is 39.0 Å². The van der Waals surface area contributed by atoms with Crippen LogP contribution in [0.15, 0.2) is 78.9 Å². The lowest BCUT2D eigenvalue weighted by molar-refractivity contribution is 0.609. The minimum absolute atomic E-state index is 0.316. The van der Waals surface area contributed by atoms with E-state index in [2.05, 4.69) is 65.6 Å². The molecule has 0 radical (unpaired) electrons. The summed E-state index contributed by atoms with van der Waals surface area (Å²) in [4.78, 5) is 8.74. The number of rotatable bonds is 2. The highest BCUT2D eigenvalue weighted by atomic mass is 35.5. The van der Waals surface area contributed by atoms with Crippen LogP contribution in [0.5, 0.6) is 0 Å². The van der Waals surface area contributed by atoms with Crippen LogP contribution in [-0.2, 0) is 6.42 Å². The Bertz CT molecular complexity index is 1380. The average Bonchev–Trinajstić information content (AvgIpc) is 3.17. The molecule has 146 valence electrons. The van der Waals surface area contributed by atoms with E-state index in [9.17, 15) is 0 Å². The van der Waals surface area contributed by atoms with Crippen molar-refractivity contribution in [3.05, 3.63) is 101 Å². The van der Waals surface area contributed by atoms with E-state index in [0.717, 1.165) is 35.2 Å². The van der Waals surface area contributed by atoms with Gasteiger partial charge in [0.2, 0.25) is 0 Å². The molecule has 0 fully saturated rings. The number of H-pyrrole nitrogens is 1. The highest BCUT2D eigenvalue weighted by Crippen LogP contribution is 2.44. The molecule has 0 saturated carbocycles. The summed E-state index contributed by atoms with van der Waals surface area (Å²) in [7, 11) is 0. The molecular formula is C27H21ClN2. The molecule has 1 aliphatic carbocycles. The van der Waals surface area contributed by atoms with Gasteiger partial charge in [-0.15, -0.1) is 0 Å². The van der Waals surface area contributed by atoms with E-state index in [0.29, 0.717) is 5.92 Å². The normalized spacial score (nSPS) is 16.1. The topological polar surface area (TPSA) is 28.7 Å². The summed E-state index contributed by atoms with van der Waals surface area (Å²) in [5.74, 6) is 0.316. The number of fused-ring (bicyclic) bond motifs is 3. The predicted molar refractivity (Wildman–Crippen MR) is 125 cm³/mol. The van der Waals surface area contributed by atoms with E-state index < -0.39 is 0 Å². The Morgan fingerprint density at radius 3 is 2.63 bits per heavy atom. The van der Waals surface area contributed by atoms with Crippen molar-refractivity contribution in [3.63, 3.8) is 0 Å². The molecule has 1 atom stereocenters. The monoisotopic (exact) mass is 408 g/mol.